The first kappa shape index (κ1) is 27.6. The van der Waals surface area contributed by atoms with Crippen LogP contribution in [0.25, 0.3) is 5.69 Å². The summed E-state index contributed by atoms with van der Waals surface area (Å²) in [5, 5.41) is 10.0. The van der Waals surface area contributed by atoms with Crippen LogP contribution in [0.1, 0.15) is 33.4 Å². The monoisotopic (exact) mass is 489 g/mol. The first-order valence-electron chi connectivity index (χ1n) is 11.3. The molecule has 192 valence electrons. The zero-order chi connectivity index (χ0) is 26.0. The molecule has 0 spiro atoms. The van der Waals surface area contributed by atoms with E-state index in [0.717, 1.165) is 11.4 Å². The van der Waals surface area contributed by atoms with Gasteiger partial charge >= 0.3 is 12.0 Å². The van der Waals surface area contributed by atoms with Gasteiger partial charge in [0.1, 0.15) is 24.7 Å². The molecule has 0 radical (unpaired) electrons. The number of urea groups is 1. The van der Waals surface area contributed by atoms with Gasteiger partial charge in [-0.25, -0.2) is 9.48 Å². The number of benzene rings is 1. The van der Waals surface area contributed by atoms with E-state index in [1.165, 1.54) is 12.0 Å². The van der Waals surface area contributed by atoms with Crippen molar-refractivity contribution in [3.05, 3.63) is 36.0 Å². The number of carbonyl (C=O) groups excluding carboxylic acids is 3. The molecule has 0 atom stereocenters. The van der Waals surface area contributed by atoms with Crippen LogP contribution in [0.15, 0.2) is 30.3 Å². The largest absolute Gasteiger partial charge is 0.497 e. The third kappa shape index (κ3) is 8.29. The summed E-state index contributed by atoms with van der Waals surface area (Å²) in [6.45, 7) is 7.80. The van der Waals surface area contributed by atoms with Crippen molar-refractivity contribution < 1.29 is 28.6 Å². The Labute approximate surface area is 205 Å². The maximum atomic E-state index is 12.9. The molecule has 0 aliphatic rings. The van der Waals surface area contributed by atoms with Crippen molar-refractivity contribution in [3.63, 3.8) is 0 Å². The Hall–Kier alpha value is -3.60. The molecule has 1 aromatic carbocycles. The van der Waals surface area contributed by atoms with Gasteiger partial charge in [0.2, 0.25) is 5.91 Å². The highest BCUT2D eigenvalue weighted by Gasteiger charge is 2.23. The summed E-state index contributed by atoms with van der Waals surface area (Å²) < 4.78 is 16.7. The Morgan fingerprint density at radius 2 is 1.80 bits per heavy atom. The molecule has 11 heteroatoms. The fourth-order valence-electron chi connectivity index (χ4n) is 3.04. The molecular weight excluding hydrogens is 454 g/mol. The molecule has 1 heterocycles. The van der Waals surface area contributed by atoms with E-state index in [1.807, 2.05) is 39.0 Å². The van der Waals surface area contributed by atoms with Crippen molar-refractivity contribution in [3.8, 4) is 11.4 Å². The van der Waals surface area contributed by atoms with Crippen LogP contribution in [-0.2, 0) is 24.5 Å². The fraction of sp³-hybridized carbons (Fsp3) is 0.500. The van der Waals surface area contributed by atoms with Crippen molar-refractivity contribution in [2.45, 2.75) is 33.1 Å². The molecule has 0 bridgehead atoms. The summed E-state index contributed by atoms with van der Waals surface area (Å²) in [5.74, 6) is 0.173. The zero-order valence-corrected chi connectivity index (χ0v) is 21.2. The number of methoxy groups -OCH3 is 2. The lowest BCUT2D eigenvalue weighted by atomic mass is 9.92. The van der Waals surface area contributed by atoms with Gasteiger partial charge in [-0.1, -0.05) is 20.8 Å². The lowest BCUT2D eigenvalue weighted by Crippen LogP contribution is -2.47. The smallest absolute Gasteiger partial charge is 0.325 e. The number of nitrogens with zero attached hydrogens (tertiary/aromatic N) is 3. The molecule has 11 nitrogen and oxygen atoms in total. The van der Waals surface area contributed by atoms with Crippen molar-refractivity contribution in [1.82, 2.24) is 20.0 Å². The average Bonchev–Trinajstić information content (AvgIpc) is 3.24. The highest BCUT2D eigenvalue weighted by atomic mass is 16.5. The third-order valence-corrected chi connectivity index (χ3v) is 4.94. The first-order valence-corrected chi connectivity index (χ1v) is 11.3. The lowest BCUT2D eigenvalue weighted by molar-refractivity contribution is -0.141. The van der Waals surface area contributed by atoms with Crippen LogP contribution in [0.5, 0.6) is 5.75 Å². The van der Waals surface area contributed by atoms with Crippen LogP contribution in [0, 0.1) is 0 Å². The van der Waals surface area contributed by atoms with Gasteiger partial charge in [0.15, 0.2) is 0 Å². The normalized spacial score (nSPS) is 11.0. The quantitative estimate of drug-likeness (QED) is 0.464. The summed E-state index contributed by atoms with van der Waals surface area (Å²) in [6, 6.07) is 8.51. The van der Waals surface area contributed by atoms with E-state index in [4.69, 9.17) is 14.2 Å². The predicted molar refractivity (Wildman–Crippen MR) is 131 cm³/mol. The summed E-state index contributed by atoms with van der Waals surface area (Å²) in [5.41, 5.74) is 1.27. The molecule has 2 rings (SSSR count). The predicted octanol–water partition coefficient (Wildman–Crippen LogP) is 2.34. The Kier molecular flexibility index (Phi) is 10.1. The summed E-state index contributed by atoms with van der Waals surface area (Å²) in [7, 11) is 3.08. The summed E-state index contributed by atoms with van der Waals surface area (Å²) in [4.78, 5) is 38.3. The number of hydrogen-bond donors (Lipinski definition) is 2. The van der Waals surface area contributed by atoms with Gasteiger partial charge in [-0.05, 0) is 31.2 Å². The van der Waals surface area contributed by atoms with Crippen LogP contribution >= 0.6 is 0 Å². The number of hydrogen-bond acceptors (Lipinski definition) is 7. The van der Waals surface area contributed by atoms with Crippen molar-refractivity contribution in [1.29, 1.82) is 0 Å². The number of anilines is 1. The summed E-state index contributed by atoms with van der Waals surface area (Å²) in [6.07, 6.45) is 0. The second kappa shape index (κ2) is 12.7. The molecule has 0 saturated heterocycles. The summed E-state index contributed by atoms with van der Waals surface area (Å²) >= 11 is 0. The molecule has 0 fully saturated rings. The SMILES string of the molecule is CCOC(=O)CNC(=O)N(CCOC)CC(=O)Nc1cc(C(C)(C)C)nn1-c1ccc(OC)cc1. The number of esters is 1. The highest BCUT2D eigenvalue weighted by molar-refractivity contribution is 5.94. The highest BCUT2D eigenvalue weighted by Crippen LogP contribution is 2.27. The minimum absolute atomic E-state index is 0.156. The first-order chi connectivity index (χ1) is 16.6. The van der Waals surface area contributed by atoms with Crippen molar-refractivity contribution in [2.75, 3.05) is 52.4 Å². The van der Waals surface area contributed by atoms with Gasteiger partial charge in [0.25, 0.3) is 0 Å². The van der Waals surface area contributed by atoms with Gasteiger partial charge < -0.3 is 29.7 Å². The minimum Gasteiger partial charge on any atom is -0.497 e. The molecule has 1 aromatic heterocycles. The molecule has 0 aliphatic carbocycles. The molecular formula is C24H35N5O6. The van der Waals surface area contributed by atoms with E-state index >= 15 is 0 Å². The Morgan fingerprint density at radius 3 is 2.37 bits per heavy atom. The average molecular weight is 490 g/mol. The van der Waals surface area contributed by atoms with Gasteiger partial charge in [-0.2, -0.15) is 5.10 Å². The molecule has 35 heavy (non-hydrogen) atoms. The van der Waals surface area contributed by atoms with Crippen LogP contribution in [0.4, 0.5) is 10.6 Å². The standard InChI is InChI=1S/C24H35N5O6/c1-7-35-22(31)15-25-23(32)28(12-13-33-5)16-21(30)26-20-14-19(24(2,3)4)27-29(20)17-8-10-18(34-6)11-9-17/h8-11,14H,7,12-13,15-16H2,1-6H3,(H,25,32)(H,26,30). The number of ether oxygens (including phenoxy) is 3. The number of carbonyl (C=O) groups is 3. The Bertz CT molecular complexity index is 997. The number of rotatable bonds is 11. The van der Waals surface area contributed by atoms with Gasteiger partial charge in [-0.15, -0.1) is 0 Å². The van der Waals surface area contributed by atoms with E-state index < -0.39 is 17.9 Å². The molecule has 0 aliphatic heterocycles. The van der Waals surface area contributed by atoms with Gasteiger partial charge in [-0.3, -0.25) is 9.59 Å². The van der Waals surface area contributed by atoms with Crippen LogP contribution in [0.3, 0.4) is 0 Å². The maximum Gasteiger partial charge on any atom is 0.325 e. The molecule has 2 aromatic rings. The fourth-order valence-corrected chi connectivity index (χ4v) is 3.04. The topological polar surface area (TPSA) is 124 Å². The molecule has 0 unspecified atom stereocenters. The Balaban J connectivity index is 2.20. The molecule has 2 N–H and O–H groups in total. The zero-order valence-electron chi connectivity index (χ0n) is 21.2. The second-order valence-electron chi connectivity index (χ2n) is 8.70. The molecule has 0 saturated carbocycles. The minimum atomic E-state index is -0.579. The lowest BCUT2D eigenvalue weighted by Gasteiger charge is -2.22. The van der Waals surface area contributed by atoms with Crippen LogP contribution in [0.2, 0.25) is 0 Å². The van der Waals surface area contributed by atoms with Crippen molar-refractivity contribution >= 4 is 23.7 Å². The van der Waals surface area contributed by atoms with E-state index in [0.29, 0.717) is 11.6 Å². The van der Waals surface area contributed by atoms with Gasteiger partial charge in [0.05, 0.1) is 31.7 Å². The molecule has 3 amide bonds. The third-order valence-electron chi connectivity index (χ3n) is 4.94. The number of amides is 3. The van der Waals surface area contributed by atoms with Gasteiger partial charge in [0, 0.05) is 25.1 Å². The van der Waals surface area contributed by atoms with E-state index in [-0.39, 0.29) is 38.3 Å². The Morgan fingerprint density at radius 1 is 1.11 bits per heavy atom. The number of nitrogens with one attached hydrogen (secondary N) is 2. The van der Waals surface area contributed by atoms with E-state index in [2.05, 4.69) is 15.7 Å². The van der Waals surface area contributed by atoms with Crippen LogP contribution in [-0.4, -0.2) is 79.7 Å². The number of aromatic nitrogens is 2. The van der Waals surface area contributed by atoms with E-state index in [9.17, 15) is 14.4 Å². The second-order valence-corrected chi connectivity index (χ2v) is 8.70. The maximum absolute atomic E-state index is 12.9. The van der Waals surface area contributed by atoms with Crippen LogP contribution < -0.4 is 15.4 Å². The van der Waals surface area contributed by atoms with E-state index in [1.54, 1.807) is 30.8 Å². The van der Waals surface area contributed by atoms with Crippen molar-refractivity contribution in [2.24, 2.45) is 0 Å².